The number of benzene rings is 1. The van der Waals surface area contributed by atoms with Crippen LogP contribution in [0.25, 0.3) is 5.78 Å². The summed E-state index contributed by atoms with van der Waals surface area (Å²) in [4.78, 5) is 27.2. The Bertz CT molecular complexity index is 1560. The lowest BCUT2D eigenvalue weighted by atomic mass is 10.1. The molecule has 13 nitrogen and oxygen atoms in total. The quantitative estimate of drug-likeness (QED) is 0.328. The molecule has 0 aliphatic carbocycles. The van der Waals surface area contributed by atoms with E-state index >= 15 is 0 Å². The molecule has 210 valence electrons. The summed E-state index contributed by atoms with van der Waals surface area (Å²) in [5.41, 5.74) is 2.19. The Hall–Kier alpha value is -4.07. The van der Waals surface area contributed by atoms with Crippen LogP contribution in [0.5, 0.6) is 5.75 Å². The number of anilines is 2. The third-order valence-electron chi connectivity index (χ3n) is 7.88. The van der Waals surface area contributed by atoms with Gasteiger partial charge in [-0.15, -0.1) is 0 Å². The molecule has 0 saturated carbocycles. The zero-order valence-corrected chi connectivity index (χ0v) is 22.4. The minimum absolute atomic E-state index is 0.152. The standard InChI is InChI=1S/C27H33N9O4/c1-18-29-23(22-3-2-15-39-22)24-25(35(18)28)30-26-34(27(37)31-36(24)26)14-11-32-9-12-33(13-10-32)19-4-6-20(7-5-19)40-21-8-16-38-17-21/h2-7,15,18,21H,8-14,16-17,28H2,1H3,(H,31,37). The molecule has 0 amide bonds. The molecule has 0 bridgehead atoms. The van der Waals surface area contributed by atoms with E-state index in [1.165, 1.54) is 10.7 Å². The molecule has 2 unspecified atom stereocenters. The second-order valence-electron chi connectivity index (χ2n) is 10.4. The number of aromatic nitrogens is 4. The van der Waals surface area contributed by atoms with E-state index < -0.39 is 0 Å². The third-order valence-corrected chi connectivity index (χ3v) is 7.88. The van der Waals surface area contributed by atoms with Crippen molar-refractivity contribution in [3.8, 4) is 5.75 Å². The summed E-state index contributed by atoms with van der Waals surface area (Å²) in [5, 5.41) is 4.43. The molecular weight excluding hydrogens is 514 g/mol. The lowest BCUT2D eigenvalue weighted by molar-refractivity contribution is 0.141. The number of nitrogens with two attached hydrogens (primary N) is 1. The predicted octanol–water partition coefficient (Wildman–Crippen LogP) is 1.28. The van der Waals surface area contributed by atoms with E-state index in [0.29, 0.717) is 41.9 Å². The highest BCUT2D eigenvalue weighted by Gasteiger charge is 2.33. The van der Waals surface area contributed by atoms with E-state index in [9.17, 15) is 4.79 Å². The van der Waals surface area contributed by atoms with Crippen molar-refractivity contribution in [2.45, 2.75) is 32.2 Å². The molecule has 4 aromatic rings. The highest BCUT2D eigenvalue weighted by molar-refractivity contribution is 6.14. The molecule has 13 heteroatoms. The van der Waals surface area contributed by atoms with Gasteiger partial charge in [0.15, 0.2) is 11.6 Å². The number of nitrogens with one attached hydrogen (secondary N) is 1. The molecule has 7 rings (SSSR count). The predicted molar refractivity (Wildman–Crippen MR) is 149 cm³/mol. The van der Waals surface area contributed by atoms with Crippen molar-refractivity contribution in [3.05, 3.63) is 64.6 Å². The van der Waals surface area contributed by atoms with Crippen molar-refractivity contribution in [2.24, 2.45) is 10.8 Å². The van der Waals surface area contributed by atoms with Gasteiger partial charge in [0, 0.05) is 51.4 Å². The third kappa shape index (κ3) is 4.45. The van der Waals surface area contributed by atoms with Gasteiger partial charge in [0.2, 0.25) is 5.78 Å². The van der Waals surface area contributed by atoms with E-state index in [1.807, 2.05) is 25.1 Å². The highest BCUT2D eigenvalue weighted by atomic mass is 16.5. The summed E-state index contributed by atoms with van der Waals surface area (Å²) in [7, 11) is 0. The number of aromatic amines is 1. The smallest absolute Gasteiger partial charge is 0.343 e. The van der Waals surface area contributed by atoms with Gasteiger partial charge < -0.3 is 18.8 Å². The zero-order valence-electron chi connectivity index (χ0n) is 22.4. The van der Waals surface area contributed by atoms with Gasteiger partial charge in [-0.2, -0.15) is 4.98 Å². The monoisotopic (exact) mass is 547 g/mol. The molecule has 2 fully saturated rings. The maximum Gasteiger partial charge on any atom is 0.343 e. The van der Waals surface area contributed by atoms with Crippen molar-refractivity contribution in [3.63, 3.8) is 0 Å². The van der Waals surface area contributed by atoms with Crippen LogP contribution in [0.1, 0.15) is 24.8 Å². The number of furan rings is 1. The Morgan fingerprint density at radius 2 is 1.95 bits per heavy atom. The van der Waals surface area contributed by atoms with Gasteiger partial charge in [-0.25, -0.2) is 20.3 Å². The Labute approximate surface area is 230 Å². The minimum atomic E-state index is -0.325. The first-order valence-corrected chi connectivity index (χ1v) is 13.7. The molecule has 3 aliphatic rings. The van der Waals surface area contributed by atoms with E-state index in [1.54, 1.807) is 21.4 Å². The molecule has 3 aromatic heterocycles. The van der Waals surface area contributed by atoms with Gasteiger partial charge in [0.25, 0.3) is 0 Å². The molecule has 1 aromatic carbocycles. The molecule has 6 heterocycles. The number of fused-ring (bicyclic) bond motifs is 3. The number of imidazole rings is 1. The number of rotatable bonds is 7. The van der Waals surface area contributed by atoms with Crippen LogP contribution in [-0.4, -0.2) is 88.0 Å². The van der Waals surface area contributed by atoms with Gasteiger partial charge >= 0.3 is 5.69 Å². The maximum absolute atomic E-state index is 13.0. The number of hydrogen-bond donors (Lipinski definition) is 2. The Morgan fingerprint density at radius 1 is 1.12 bits per heavy atom. The summed E-state index contributed by atoms with van der Waals surface area (Å²) in [6.07, 6.45) is 2.37. The lowest BCUT2D eigenvalue weighted by Crippen LogP contribution is -2.47. The summed E-state index contributed by atoms with van der Waals surface area (Å²) < 4.78 is 20.3. The molecule has 3 aliphatic heterocycles. The van der Waals surface area contributed by atoms with Crippen LogP contribution in [0.15, 0.2) is 56.9 Å². The molecule has 0 radical (unpaired) electrons. The number of H-pyrrole nitrogens is 1. The van der Waals surface area contributed by atoms with Crippen molar-refractivity contribution in [1.82, 2.24) is 24.1 Å². The first kappa shape index (κ1) is 24.9. The van der Waals surface area contributed by atoms with Crippen molar-refractivity contribution in [2.75, 3.05) is 55.8 Å². The van der Waals surface area contributed by atoms with Crippen LogP contribution in [0.2, 0.25) is 0 Å². The molecule has 40 heavy (non-hydrogen) atoms. The number of piperazine rings is 1. The van der Waals surface area contributed by atoms with Crippen LogP contribution in [0.3, 0.4) is 0 Å². The largest absolute Gasteiger partial charge is 0.488 e. The fraction of sp³-hybridized carbons (Fsp3) is 0.444. The van der Waals surface area contributed by atoms with E-state index in [2.05, 4.69) is 27.0 Å². The normalized spacial score (nSPS) is 21.7. The zero-order chi connectivity index (χ0) is 27.2. The van der Waals surface area contributed by atoms with E-state index in [0.717, 1.165) is 51.5 Å². The number of aliphatic imine (C=N–C) groups is 1. The summed E-state index contributed by atoms with van der Waals surface area (Å²) in [6.45, 7) is 8.20. The van der Waals surface area contributed by atoms with Gasteiger partial charge in [-0.3, -0.25) is 19.5 Å². The minimum Gasteiger partial charge on any atom is -0.488 e. The lowest BCUT2D eigenvalue weighted by Gasteiger charge is -2.36. The van der Waals surface area contributed by atoms with Crippen molar-refractivity contribution in [1.29, 1.82) is 0 Å². The first-order valence-electron chi connectivity index (χ1n) is 13.7. The summed E-state index contributed by atoms with van der Waals surface area (Å²) in [6, 6.07) is 12.0. The second kappa shape index (κ2) is 10.2. The van der Waals surface area contributed by atoms with Crippen LogP contribution < -0.4 is 26.2 Å². The van der Waals surface area contributed by atoms with Crippen LogP contribution in [0.4, 0.5) is 11.5 Å². The highest BCUT2D eigenvalue weighted by Crippen LogP contribution is 2.29. The number of nitrogens with zero attached hydrogens (tertiary/aromatic N) is 7. The molecule has 2 saturated heterocycles. The summed E-state index contributed by atoms with van der Waals surface area (Å²) in [5.74, 6) is 8.84. The summed E-state index contributed by atoms with van der Waals surface area (Å²) >= 11 is 0. The number of hydrogen-bond acceptors (Lipinski definition) is 10. The van der Waals surface area contributed by atoms with E-state index in [-0.39, 0.29) is 18.0 Å². The molecular formula is C27H33N9O4. The first-order chi connectivity index (χ1) is 19.5. The van der Waals surface area contributed by atoms with E-state index in [4.69, 9.17) is 29.7 Å². The Morgan fingerprint density at radius 3 is 2.67 bits per heavy atom. The fourth-order valence-corrected chi connectivity index (χ4v) is 5.61. The van der Waals surface area contributed by atoms with Crippen LogP contribution >= 0.6 is 0 Å². The van der Waals surface area contributed by atoms with Crippen LogP contribution in [0, 0.1) is 0 Å². The molecule has 3 N–H and O–H groups in total. The average Bonchev–Trinajstić information content (AvgIpc) is 3.77. The Kier molecular flexibility index (Phi) is 6.33. The number of hydrazine groups is 1. The van der Waals surface area contributed by atoms with Gasteiger partial charge in [-0.1, -0.05) is 0 Å². The van der Waals surface area contributed by atoms with Crippen molar-refractivity contribution < 1.29 is 13.9 Å². The maximum atomic E-state index is 13.0. The topological polar surface area (TPSA) is 135 Å². The fourth-order valence-electron chi connectivity index (χ4n) is 5.61. The SMILES string of the molecule is CC1N=C(c2ccco2)c2c(nc3n(CCN4CCN(c5ccc(OC6CCOC6)cc5)CC4)c(=O)[nH]n23)N1N. The Balaban J connectivity index is 1.02. The second-order valence-corrected chi connectivity index (χ2v) is 10.4. The molecule has 0 spiro atoms. The van der Waals surface area contributed by atoms with Crippen LogP contribution in [-0.2, 0) is 11.3 Å². The average molecular weight is 548 g/mol. The van der Waals surface area contributed by atoms with Gasteiger partial charge in [0.05, 0.1) is 19.5 Å². The van der Waals surface area contributed by atoms with Gasteiger partial charge in [0.1, 0.15) is 29.4 Å². The molecule has 2 atom stereocenters. The van der Waals surface area contributed by atoms with Crippen molar-refractivity contribution >= 4 is 23.0 Å². The van der Waals surface area contributed by atoms with Gasteiger partial charge in [-0.05, 0) is 43.3 Å². The number of ether oxygens (including phenoxy) is 2.